The molecule has 0 unspecified atom stereocenters. The molecule has 0 aliphatic heterocycles. The van der Waals surface area contributed by atoms with Crippen molar-refractivity contribution in [3.63, 3.8) is 0 Å². The summed E-state index contributed by atoms with van der Waals surface area (Å²) in [5.41, 5.74) is 5.87. The van der Waals surface area contributed by atoms with Gasteiger partial charge < -0.3 is 5.73 Å². The Hall–Kier alpha value is 0.440. The minimum Gasteiger partial charge on any atom is -0.328 e. The number of unbranched alkanes of at least 4 members (excludes halogenated alkanes) is 2. The van der Waals surface area contributed by atoms with Crippen LogP contribution in [-0.2, 0) is 0 Å². The van der Waals surface area contributed by atoms with Crippen molar-refractivity contribution in [2.75, 3.05) is 5.33 Å². The smallest absolute Gasteiger partial charge is 0.00390 e. The highest BCUT2D eigenvalue weighted by atomic mass is 79.9. The summed E-state index contributed by atoms with van der Waals surface area (Å²) in [7, 11) is 0. The molecule has 1 rings (SSSR count). The van der Waals surface area contributed by atoms with Crippen LogP contribution >= 0.6 is 15.9 Å². The number of hydrogen-bond acceptors (Lipinski definition) is 1. The van der Waals surface area contributed by atoms with Crippen LogP contribution in [-0.4, -0.2) is 11.4 Å². The van der Waals surface area contributed by atoms with E-state index >= 15 is 0 Å². The SMILES string of the molecule is N[C@H]1CC[C@H](CCCCCBr)CC1. The lowest BCUT2D eigenvalue weighted by molar-refractivity contribution is 0.303. The Morgan fingerprint density at radius 2 is 1.69 bits per heavy atom. The van der Waals surface area contributed by atoms with Crippen LogP contribution in [0.1, 0.15) is 51.4 Å². The molecular formula is C11H22BrN. The van der Waals surface area contributed by atoms with E-state index in [1.807, 2.05) is 0 Å². The topological polar surface area (TPSA) is 26.0 Å². The Morgan fingerprint density at radius 1 is 1.00 bits per heavy atom. The summed E-state index contributed by atoms with van der Waals surface area (Å²) in [6.45, 7) is 0. The van der Waals surface area contributed by atoms with Gasteiger partial charge in [0.1, 0.15) is 0 Å². The molecule has 0 aromatic heterocycles. The number of rotatable bonds is 5. The zero-order chi connectivity index (χ0) is 9.52. The van der Waals surface area contributed by atoms with E-state index in [2.05, 4.69) is 15.9 Å². The van der Waals surface area contributed by atoms with Crippen LogP contribution in [0.2, 0.25) is 0 Å². The highest BCUT2D eigenvalue weighted by Gasteiger charge is 2.17. The van der Waals surface area contributed by atoms with Crippen molar-refractivity contribution >= 4 is 15.9 Å². The monoisotopic (exact) mass is 247 g/mol. The first-order valence-corrected chi connectivity index (χ1v) is 6.76. The Labute approximate surface area is 90.6 Å². The summed E-state index contributed by atoms with van der Waals surface area (Å²) in [5, 5.41) is 1.17. The number of halogens is 1. The third-order valence-corrected chi connectivity index (χ3v) is 3.70. The van der Waals surface area contributed by atoms with Gasteiger partial charge in [0, 0.05) is 11.4 Å². The molecule has 0 radical (unpaired) electrons. The summed E-state index contributed by atoms with van der Waals surface area (Å²) in [6, 6.07) is 0.513. The fraction of sp³-hybridized carbons (Fsp3) is 1.00. The molecule has 0 aromatic carbocycles. The molecule has 1 fully saturated rings. The molecule has 1 aliphatic carbocycles. The maximum absolute atomic E-state index is 5.87. The van der Waals surface area contributed by atoms with Gasteiger partial charge in [-0.05, 0) is 38.0 Å². The molecule has 78 valence electrons. The fourth-order valence-electron chi connectivity index (χ4n) is 2.18. The van der Waals surface area contributed by atoms with Gasteiger partial charge in [0.2, 0.25) is 0 Å². The quantitative estimate of drug-likeness (QED) is 0.585. The van der Waals surface area contributed by atoms with Crippen molar-refractivity contribution in [1.29, 1.82) is 0 Å². The maximum Gasteiger partial charge on any atom is 0.00390 e. The lowest BCUT2D eigenvalue weighted by Gasteiger charge is -2.25. The third-order valence-electron chi connectivity index (χ3n) is 3.14. The lowest BCUT2D eigenvalue weighted by Crippen LogP contribution is -2.26. The molecule has 1 saturated carbocycles. The Kier molecular flexibility index (Phi) is 6.05. The molecule has 0 spiro atoms. The van der Waals surface area contributed by atoms with Gasteiger partial charge >= 0.3 is 0 Å². The van der Waals surface area contributed by atoms with Gasteiger partial charge in [-0.1, -0.05) is 35.2 Å². The molecule has 0 atom stereocenters. The number of alkyl halides is 1. The van der Waals surface area contributed by atoms with E-state index in [4.69, 9.17) is 5.73 Å². The number of hydrogen-bond donors (Lipinski definition) is 1. The van der Waals surface area contributed by atoms with Crippen molar-refractivity contribution in [2.45, 2.75) is 57.4 Å². The summed E-state index contributed by atoms with van der Waals surface area (Å²) in [4.78, 5) is 0. The highest BCUT2D eigenvalue weighted by Crippen LogP contribution is 2.27. The molecular weight excluding hydrogens is 226 g/mol. The second-order valence-electron chi connectivity index (χ2n) is 4.32. The first-order valence-electron chi connectivity index (χ1n) is 5.64. The fourth-order valence-corrected chi connectivity index (χ4v) is 2.58. The molecule has 2 N–H and O–H groups in total. The van der Waals surface area contributed by atoms with Crippen molar-refractivity contribution in [3.05, 3.63) is 0 Å². The summed E-state index contributed by atoms with van der Waals surface area (Å²) in [5.74, 6) is 0.995. The first-order chi connectivity index (χ1) is 6.33. The van der Waals surface area contributed by atoms with Crippen molar-refractivity contribution in [1.82, 2.24) is 0 Å². The second-order valence-corrected chi connectivity index (χ2v) is 5.11. The van der Waals surface area contributed by atoms with E-state index in [1.54, 1.807) is 0 Å². The van der Waals surface area contributed by atoms with Crippen LogP contribution in [0.15, 0.2) is 0 Å². The van der Waals surface area contributed by atoms with E-state index < -0.39 is 0 Å². The molecule has 0 amide bonds. The molecule has 2 heteroatoms. The molecule has 0 saturated heterocycles. The van der Waals surface area contributed by atoms with E-state index in [1.165, 1.54) is 56.7 Å². The average molecular weight is 248 g/mol. The van der Waals surface area contributed by atoms with E-state index in [9.17, 15) is 0 Å². The standard InChI is InChI=1S/C11H22BrN/c12-9-3-1-2-4-10-5-7-11(13)8-6-10/h10-11H,1-9,13H2/t10-,11-. The summed E-state index contributed by atoms with van der Waals surface area (Å²) < 4.78 is 0. The first kappa shape index (κ1) is 11.5. The summed E-state index contributed by atoms with van der Waals surface area (Å²) in [6.07, 6.45) is 10.9. The van der Waals surface area contributed by atoms with E-state index in [0.717, 1.165) is 5.92 Å². The van der Waals surface area contributed by atoms with Crippen LogP contribution in [0.25, 0.3) is 0 Å². The lowest BCUT2D eigenvalue weighted by atomic mass is 9.83. The molecule has 13 heavy (non-hydrogen) atoms. The minimum absolute atomic E-state index is 0.513. The van der Waals surface area contributed by atoms with Crippen LogP contribution in [0.4, 0.5) is 0 Å². The molecule has 0 bridgehead atoms. The zero-order valence-electron chi connectivity index (χ0n) is 8.47. The second kappa shape index (κ2) is 6.83. The van der Waals surface area contributed by atoms with Gasteiger partial charge in [0.25, 0.3) is 0 Å². The normalized spacial score (nSPS) is 29.1. The van der Waals surface area contributed by atoms with Crippen molar-refractivity contribution in [3.8, 4) is 0 Å². The van der Waals surface area contributed by atoms with Gasteiger partial charge in [0.15, 0.2) is 0 Å². The van der Waals surface area contributed by atoms with Crippen LogP contribution < -0.4 is 5.73 Å². The van der Waals surface area contributed by atoms with Crippen molar-refractivity contribution in [2.24, 2.45) is 11.7 Å². The Bertz CT molecular complexity index is 119. The van der Waals surface area contributed by atoms with Crippen LogP contribution in [0, 0.1) is 5.92 Å². The third kappa shape index (κ3) is 5.02. The number of nitrogens with two attached hydrogens (primary N) is 1. The van der Waals surface area contributed by atoms with Gasteiger partial charge in [0.05, 0.1) is 0 Å². The average Bonchev–Trinajstić information content (AvgIpc) is 2.15. The van der Waals surface area contributed by atoms with Gasteiger partial charge in [-0.3, -0.25) is 0 Å². The predicted octanol–water partition coefficient (Wildman–Crippen LogP) is 3.46. The Morgan fingerprint density at radius 3 is 2.31 bits per heavy atom. The molecule has 0 heterocycles. The van der Waals surface area contributed by atoms with Crippen LogP contribution in [0.5, 0.6) is 0 Å². The van der Waals surface area contributed by atoms with Gasteiger partial charge in [-0.15, -0.1) is 0 Å². The van der Waals surface area contributed by atoms with Crippen molar-refractivity contribution < 1.29 is 0 Å². The van der Waals surface area contributed by atoms with E-state index in [0.29, 0.717) is 6.04 Å². The van der Waals surface area contributed by atoms with Gasteiger partial charge in [-0.25, -0.2) is 0 Å². The van der Waals surface area contributed by atoms with Crippen LogP contribution in [0.3, 0.4) is 0 Å². The highest BCUT2D eigenvalue weighted by molar-refractivity contribution is 9.09. The van der Waals surface area contributed by atoms with Gasteiger partial charge in [-0.2, -0.15) is 0 Å². The maximum atomic E-state index is 5.87. The minimum atomic E-state index is 0.513. The molecule has 1 nitrogen and oxygen atoms in total. The zero-order valence-corrected chi connectivity index (χ0v) is 10.1. The van der Waals surface area contributed by atoms with E-state index in [-0.39, 0.29) is 0 Å². The largest absolute Gasteiger partial charge is 0.328 e. The molecule has 1 aliphatic rings. The molecule has 0 aromatic rings. The Balaban J connectivity index is 1.96. The predicted molar refractivity (Wildman–Crippen MR) is 62.2 cm³/mol. The summed E-state index contributed by atoms with van der Waals surface area (Å²) >= 11 is 3.47.